The second-order valence-corrected chi connectivity index (χ2v) is 5.63. The van der Waals surface area contributed by atoms with Gasteiger partial charge in [-0.25, -0.2) is 0 Å². The molecule has 0 radical (unpaired) electrons. The molecular weight excluding hydrogens is 243 g/mol. The summed E-state index contributed by atoms with van der Waals surface area (Å²) < 4.78 is 44.9. The van der Waals surface area contributed by atoms with Crippen molar-refractivity contribution in [3.05, 3.63) is 23.5 Å². The molecule has 18 heavy (non-hydrogen) atoms. The van der Waals surface area contributed by atoms with E-state index in [9.17, 15) is 13.2 Å². The average Bonchev–Trinajstić information content (AvgIpc) is 2.98. The van der Waals surface area contributed by atoms with Crippen LogP contribution >= 0.6 is 0 Å². The Bertz CT molecular complexity index is 445. The molecule has 100 valence electrons. The first-order valence-corrected chi connectivity index (χ1v) is 5.92. The molecule has 2 nitrogen and oxygen atoms in total. The monoisotopic (exact) mass is 259 g/mol. The van der Waals surface area contributed by atoms with E-state index >= 15 is 0 Å². The van der Waals surface area contributed by atoms with E-state index in [1.807, 2.05) is 0 Å². The van der Waals surface area contributed by atoms with Gasteiger partial charge in [-0.3, -0.25) is 4.98 Å². The van der Waals surface area contributed by atoms with Gasteiger partial charge in [0.25, 0.3) is 0 Å². The van der Waals surface area contributed by atoms with Crippen molar-refractivity contribution in [2.45, 2.75) is 51.3 Å². The van der Waals surface area contributed by atoms with Crippen LogP contribution in [0.2, 0.25) is 0 Å². The molecule has 0 amide bonds. The van der Waals surface area contributed by atoms with Crippen molar-refractivity contribution in [1.82, 2.24) is 4.98 Å². The molecular formula is C13H16F3NO. The Morgan fingerprint density at radius 1 is 1.17 bits per heavy atom. The van der Waals surface area contributed by atoms with Crippen LogP contribution in [0.3, 0.4) is 0 Å². The van der Waals surface area contributed by atoms with Crippen molar-refractivity contribution < 1.29 is 17.9 Å². The van der Waals surface area contributed by atoms with E-state index in [-0.39, 0.29) is 17.4 Å². The summed E-state index contributed by atoms with van der Waals surface area (Å²) in [5, 5.41) is 0. The van der Waals surface area contributed by atoms with Crippen LogP contribution in [0.25, 0.3) is 0 Å². The minimum Gasteiger partial charge on any atom is -0.488 e. The highest BCUT2D eigenvalue weighted by Gasteiger charge is 2.41. The quantitative estimate of drug-likeness (QED) is 0.802. The lowest BCUT2D eigenvalue weighted by Crippen LogP contribution is -2.21. The minimum absolute atomic E-state index is 0.0804. The number of alkyl halides is 3. The Hall–Kier alpha value is -1.26. The standard InChI is InChI=1S/C13H16F3NO/c1-12(2,3)9-6-17-7-10(18-8-4-5-8)11(9)13(14,15)16/h6-8H,4-5H2,1-3H3. The molecule has 1 aliphatic carbocycles. The van der Waals surface area contributed by atoms with Crippen LogP contribution in [0.5, 0.6) is 5.75 Å². The van der Waals surface area contributed by atoms with Crippen LogP contribution in [0.4, 0.5) is 13.2 Å². The van der Waals surface area contributed by atoms with Crippen LogP contribution in [0.1, 0.15) is 44.7 Å². The van der Waals surface area contributed by atoms with Crippen molar-refractivity contribution >= 4 is 0 Å². The molecule has 0 unspecified atom stereocenters. The van der Waals surface area contributed by atoms with E-state index in [1.54, 1.807) is 20.8 Å². The maximum atomic E-state index is 13.2. The van der Waals surface area contributed by atoms with Crippen molar-refractivity contribution in [2.75, 3.05) is 0 Å². The highest BCUT2D eigenvalue weighted by Crippen LogP contribution is 2.43. The summed E-state index contributed by atoms with van der Waals surface area (Å²) in [6.07, 6.45) is -0.425. The maximum Gasteiger partial charge on any atom is 0.420 e. The second kappa shape index (κ2) is 4.14. The van der Waals surface area contributed by atoms with E-state index in [4.69, 9.17) is 4.74 Å². The number of hydrogen-bond donors (Lipinski definition) is 0. The van der Waals surface area contributed by atoms with Gasteiger partial charge in [0.15, 0.2) is 5.75 Å². The molecule has 0 atom stereocenters. The first kappa shape index (κ1) is 13.2. The van der Waals surface area contributed by atoms with Crippen LogP contribution < -0.4 is 4.74 Å². The minimum atomic E-state index is -4.42. The summed E-state index contributed by atoms with van der Waals surface area (Å²) in [5.74, 6) is -0.141. The Labute approximate surface area is 104 Å². The van der Waals surface area contributed by atoms with Gasteiger partial charge in [0, 0.05) is 6.20 Å². The Morgan fingerprint density at radius 2 is 1.78 bits per heavy atom. The molecule has 0 spiro atoms. The van der Waals surface area contributed by atoms with Gasteiger partial charge in [0.2, 0.25) is 0 Å². The molecule has 0 aromatic carbocycles. The molecule has 1 fully saturated rings. The van der Waals surface area contributed by atoms with E-state index in [2.05, 4.69) is 4.98 Å². The zero-order valence-corrected chi connectivity index (χ0v) is 10.6. The van der Waals surface area contributed by atoms with Crippen LogP contribution in [-0.4, -0.2) is 11.1 Å². The summed E-state index contributed by atoms with van der Waals surface area (Å²) in [5.41, 5.74) is -1.13. The topological polar surface area (TPSA) is 22.1 Å². The predicted molar refractivity (Wildman–Crippen MR) is 61.6 cm³/mol. The maximum absolute atomic E-state index is 13.2. The van der Waals surface area contributed by atoms with Gasteiger partial charge in [-0.2, -0.15) is 13.2 Å². The number of pyridine rings is 1. The number of aromatic nitrogens is 1. The molecule has 1 saturated carbocycles. The van der Waals surface area contributed by atoms with Gasteiger partial charge < -0.3 is 4.74 Å². The number of rotatable bonds is 2. The highest BCUT2D eigenvalue weighted by atomic mass is 19.4. The number of hydrogen-bond acceptors (Lipinski definition) is 2. The van der Waals surface area contributed by atoms with Gasteiger partial charge in [0.05, 0.1) is 12.3 Å². The molecule has 1 heterocycles. The molecule has 0 N–H and O–H groups in total. The zero-order valence-electron chi connectivity index (χ0n) is 10.6. The third-order valence-electron chi connectivity index (χ3n) is 2.82. The van der Waals surface area contributed by atoms with Gasteiger partial charge in [-0.05, 0) is 23.8 Å². The smallest absolute Gasteiger partial charge is 0.420 e. The molecule has 0 saturated heterocycles. The van der Waals surface area contributed by atoms with Crippen LogP contribution in [0, 0.1) is 0 Å². The van der Waals surface area contributed by atoms with Crippen molar-refractivity contribution in [3.63, 3.8) is 0 Å². The largest absolute Gasteiger partial charge is 0.488 e. The van der Waals surface area contributed by atoms with Crippen LogP contribution in [-0.2, 0) is 11.6 Å². The van der Waals surface area contributed by atoms with E-state index in [0.29, 0.717) is 0 Å². The van der Waals surface area contributed by atoms with Gasteiger partial charge in [-0.15, -0.1) is 0 Å². The summed E-state index contributed by atoms with van der Waals surface area (Å²) in [7, 11) is 0. The van der Waals surface area contributed by atoms with E-state index < -0.39 is 17.2 Å². The molecule has 0 aliphatic heterocycles. The molecule has 1 aromatic rings. The summed E-state index contributed by atoms with van der Waals surface area (Å²) in [6.45, 7) is 5.21. The predicted octanol–water partition coefficient (Wildman–Crippen LogP) is 3.94. The zero-order chi connectivity index (χ0) is 13.6. The fourth-order valence-electron chi connectivity index (χ4n) is 1.76. The highest BCUT2D eigenvalue weighted by molar-refractivity contribution is 5.43. The first-order valence-electron chi connectivity index (χ1n) is 5.92. The lowest BCUT2D eigenvalue weighted by atomic mass is 9.84. The lowest BCUT2D eigenvalue weighted by molar-refractivity contribution is -0.140. The fraction of sp³-hybridized carbons (Fsp3) is 0.615. The van der Waals surface area contributed by atoms with Crippen molar-refractivity contribution in [1.29, 1.82) is 0 Å². The average molecular weight is 259 g/mol. The van der Waals surface area contributed by atoms with Crippen LogP contribution in [0.15, 0.2) is 12.4 Å². The van der Waals surface area contributed by atoms with Crippen molar-refractivity contribution in [3.8, 4) is 5.75 Å². The molecule has 5 heteroatoms. The second-order valence-electron chi connectivity index (χ2n) is 5.63. The molecule has 1 aliphatic rings. The Balaban J connectivity index is 2.52. The number of halogens is 3. The lowest BCUT2D eigenvalue weighted by Gasteiger charge is -2.25. The SMILES string of the molecule is CC(C)(C)c1cncc(OC2CC2)c1C(F)(F)F. The van der Waals surface area contributed by atoms with E-state index in [0.717, 1.165) is 19.0 Å². The summed E-state index contributed by atoms with van der Waals surface area (Å²) in [6, 6.07) is 0. The normalized spacial score (nSPS) is 16.8. The Kier molecular flexibility index (Phi) is 3.03. The third kappa shape index (κ3) is 2.76. The van der Waals surface area contributed by atoms with Gasteiger partial charge >= 0.3 is 6.18 Å². The Morgan fingerprint density at radius 3 is 2.22 bits per heavy atom. The molecule has 1 aromatic heterocycles. The summed E-state index contributed by atoms with van der Waals surface area (Å²) in [4.78, 5) is 3.88. The molecule has 2 rings (SSSR count). The molecule has 0 bridgehead atoms. The number of ether oxygens (including phenoxy) is 1. The van der Waals surface area contributed by atoms with Gasteiger partial charge in [-0.1, -0.05) is 20.8 Å². The van der Waals surface area contributed by atoms with Gasteiger partial charge in [0.1, 0.15) is 5.56 Å². The van der Waals surface area contributed by atoms with E-state index in [1.165, 1.54) is 6.20 Å². The van der Waals surface area contributed by atoms with Crippen molar-refractivity contribution in [2.24, 2.45) is 0 Å². The summed E-state index contributed by atoms with van der Waals surface area (Å²) >= 11 is 0. The fourth-order valence-corrected chi connectivity index (χ4v) is 1.76. The first-order chi connectivity index (χ1) is 8.19. The number of nitrogens with zero attached hydrogens (tertiary/aromatic N) is 1. The third-order valence-corrected chi connectivity index (χ3v) is 2.82.